The topological polar surface area (TPSA) is 82.1 Å². The van der Waals surface area contributed by atoms with Gasteiger partial charge in [-0.15, -0.1) is 0 Å². The van der Waals surface area contributed by atoms with Gasteiger partial charge in [0, 0.05) is 13.8 Å². The van der Waals surface area contributed by atoms with Crippen LogP contribution in [0.5, 0.6) is 0 Å². The summed E-state index contributed by atoms with van der Waals surface area (Å²) in [5, 5.41) is 8.53. The molecular formula is C18H32O6. The third-order valence-electron chi connectivity index (χ3n) is 2.99. The summed E-state index contributed by atoms with van der Waals surface area (Å²) in [4.78, 5) is 19.6. The Balaban J connectivity index is 0. The second-order valence-electron chi connectivity index (χ2n) is 5.09. The third-order valence-corrected chi connectivity index (χ3v) is 2.99. The maximum atomic E-state index is 9.81. The number of allylic oxidation sites excluding steroid dienone is 2. The molecule has 6 heteroatoms. The van der Waals surface area contributed by atoms with Gasteiger partial charge in [0.25, 0.3) is 0 Å². The fourth-order valence-corrected chi connectivity index (χ4v) is 1.81. The van der Waals surface area contributed by atoms with Crippen LogP contribution < -0.4 is 0 Å². The Bertz CT molecular complexity index is 353. The predicted molar refractivity (Wildman–Crippen MR) is 93.0 cm³/mol. The zero-order valence-corrected chi connectivity index (χ0v) is 14.2. The SMILES string of the molecule is C.CC(=O)OC(C)=O.CCC1CCC=CO1.OCC1CCC=CO1. The van der Waals surface area contributed by atoms with Gasteiger partial charge in [-0.3, -0.25) is 9.59 Å². The van der Waals surface area contributed by atoms with E-state index in [1.54, 1.807) is 6.26 Å². The Morgan fingerprint density at radius 1 is 1.04 bits per heavy atom. The van der Waals surface area contributed by atoms with E-state index >= 15 is 0 Å². The second kappa shape index (κ2) is 16.1. The summed E-state index contributed by atoms with van der Waals surface area (Å²) in [6.45, 7) is 4.66. The van der Waals surface area contributed by atoms with Crippen LogP contribution in [0.3, 0.4) is 0 Å². The van der Waals surface area contributed by atoms with E-state index in [0.29, 0.717) is 6.10 Å². The monoisotopic (exact) mass is 344 g/mol. The van der Waals surface area contributed by atoms with Crippen molar-refractivity contribution in [1.29, 1.82) is 0 Å². The number of ether oxygens (including phenoxy) is 3. The largest absolute Gasteiger partial charge is 0.498 e. The molecule has 2 heterocycles. The number of aliphatic hydroxyl groups excluding tert-OH is 1. The van der Waals surface area contributed by atoms with Gasteiger partial charge in [-0.2, -0.15) is 0 Å². The van der Waals surface area contributed by atoms with Crippen molar-refractivity contribution in [2.75, 3.05) is 6.61 Å². The molecule has 24 heavy (non-hydrogen) atoms. The summed E-state index contributed by atoms with van der Waals surface area (Å²) >= 11 is 0. The van der Waals surface area contributed by atoms with Gasteiger partial charge in [0.15, 0.2) is 0 Å². The highest BCUT2D eigenvalue weighted by atomic mass is 16.6. The number of carbonyl (C=O) groups excluding carboxylic acids is 2. The summed E-state index contributed by atoms with van der Waals surface area (Å²) in [5.41, 5.74) is 0. The molecule has 0 aromatic carbocycles. The molecule has 2 rings (SSSR count). The quantitative estimate of drug-likeness (QED) is 0.610. The molecule has 2 aliphatic heterocycles. The van der Waals surface area contributed by atoms with Crippen molar-refractivity contribution in [1.82, 2.24) is 0 Å². The van der Waals surface area contributed by atoms with Crippen LogP contribution >= 0.6 is 0 Å². The van der Waals surface area contributed by atoms with E-state index in [0.717, 1.165) is 19.3 Å². The highest BCUT2D eigenvalue weighted by molar-refractivity contribution is 5.82. The summed E-state index contributed by atoms with van der Waals surface area (Å²) in [5.74, 6) is -1.12. The molecule has 0 radical (unpaired) electrons. The average Bonchev–Trinajstić information content (AvgIpc) is 2.56. The molecule has 2 atom stereocenters. The Morgan fingerprint density at radius 3 is 1.67 bits per heavy atom. The minimum atomic E-state index is -0.562. The maximum Gasteiger partial charge on any atom is 0.310 e. The van der Waals surface area contributed by atoms with Crippen LogP contribution in [0.1, 0.15) is 60.3 Å². The molecule has 0 fully saturated rings. The zero-order valence-electron chi connectivity index (χ0n) is 14.2. The van der Waals surface area contributed by atoms with Crippen molar-refractivity contribution < 1.29 is 28.9 Å². The van der Waals surface area contributed by atoms with Gasteiger partial charge in [0.1, 0.15) is 6.10 Å². The van der Waals surface area contributed by atoms with Crippen LogP contribution in [0.15, 0.2) is 24.7 Å². The summed E-state index contributed by atoms with van der Waals surface area (Å²) in [6.07, 6.45) is 13.6. The van der Waals surface area contributed by atoms with Gasteiger partial charge in [-0.05, 0) is 44.3 Å². The number of aliphatic hydroxyl groups is 1. The first-order valence-electron chi connectivity index (χ1n) is 7.90. The maximum absolute atomic E-state index is 9.81. The van der Waals surface area contributed by atoms with Crippen LogP contribution in [0, 0.1) is 0 Å². The number of hydrogen-bond donors (Lipinski definition) is 1. The lowest BCUT2D eigenvalue weighted by molar-refractivity contribution is -0.156. The van der Waals surface area contributed by atoms with Gasteiger partial charge in [-0.25, -0.2) is 0 Å². The van der Waals surface area contributed by atoms with Crippen LogP contribution in [0.4, 0.5) is 0 Å². The van der Waals surface area contributed by atoms with Crippen LogP contribution in [0.25, 0.3) is 0 Å². The van der Waals surface area contributed by atoms with Crippen molar-refractivity contribution >= 4 is 11.9 Å². The molecule has 1 N–H and O–H groups in total. The first-order valence-corrected chi connectivity index (χ1v) is 7.90. The van der Waals surface area contributed by atoms with Crippen LogP contribution in [-0.2, 0) is 23.8 Å². The molecule has 0 saturated heterocycles. The van der Waals surface area contributed by atoms with Crippen molar-refractivity contribution in [3.05, 3.63) is 24.7 Å². The Kier molecular flexibility index (Phi) is 16.3. The molecule has 0 aromatic rings. The second-order valence-corrected chi connectivity index (χ2v) is 5.09. The van der Waals surface area contributed by atoms with E-state index in [-0.39, 0.29) is 20.1 Å². The molecule has 0 aromatic heterocycles. The fourth-order valence-electron chi connectivity index (χ4n) is 1.81. The molecule has 2 aliphatic rings. The number of rotatable bonds is 2. The van der Waals surface area contributed by atoms with Gasteiger partial charge in [0.05, 0.1) is 25.2 Å². The molecule has 0 aliphatic carbocycles. The smallest absolute Gasteiger partial charge is 0.310 e. The first-order chi connectivity index (χ1) is 11.0. The lowest BCUT2D eigenvalue weighted by Crippen LogP contribution is -2.16. The molecule has 0 amide bonds. The number of hydrogen-bond acceptors (Lipinski definition) is 6. The summed E-state index contributed by atoms with van der Waals surface area (Å²) < 4.78 is 14.2. The van der Waals surface area contributed by atoms with Gasteiger partial charge < -0.3 is 19.3 Å². The van der Waals surface area contributed by atoms with E-state index in [1.807, 2.05) is 12.3 Å². The molecule has 6 nitrogen and oxygen atoms in total. The first kappa shape index (κ1) is 24.4. The normalized spacial score (nSPS) is 20.5. The Hall–Kier alpha value is -1.82. The molecule has 0 saturated carbocycles. The van der Waals surface area contributed by atoms with Crippen molar-refractivity contribution in [3.63, 3.8) is 0 Å². The minimum absolute atomic E-state index is 0. The molecular weight excluding hydrogens is 312 g/mol. The summed E-state index contributed by atoms with van der Waals surface area (Å²) in [6, 6.07) is 0. The standard InChI is InChI=1S/C7H12O.C6H10O2.C4H6O3.CH4/c1-2-7-5-3-4-6-8-7;7-5-6-3-1-2-4-8-6;1-3(5)7-4(2)6;/h4,6-7H,2-3,5H2,1H3;2,4,6-7H,1,3,5H2;1-2H3;1H4. The lowest BCUT2D eigenvalue weighted by Gasteiger charge is -2.16. The molecule has 0 spiro atoms. The van der Waals surface area contributed by atoms with E-state index in [2.05, 4.69) is 17.7 Å². The van der Waals surface area contributed by atoms with Crippen molar-refractivity contribution in [2.45, 2.75) is 72.5 Å². The van der Waals surface area contributed by atoms with Crippen molar-refractivity contribution in [3.8, 4) is 0 Å². The predicted octanol–water partition coefficient (Wildman–Crippen LogP) is 3.49. The van der Waals surface area contributed by atoms with Gasteiger partial charge in [-0.1, -0.05) is 14.4 Å². The fraction of sp³-hybridized carbons (Fsp3) is 0.667. The van der Waals surface area contributed by atoms with Crippen LogP contribution in [-0.4, -0.2) is 35.9 Å². The minimum Gasteiger partial charge on any atom is -0.498 e. The van der Waals surface area contributed by atoms with Crippen molar-refractivity contribution in [2.24, 2.45) is 0 Å². The van der Waals surface area contributed by atoms with Gasteiger partial charge >= 0.3 is 11.9 Å². The van der Waals surface area contributed by atoms with E-state index in [4.69, 9.17) is 14.6 Å². The third kappa shape index (κ3) is 15.1. The molecule has 0 bridgehead atoms. The summed E-state index contributed by atoms with van der Waals surface area (Å²) in [7, 11) is 0. The van der Waals surface area contributed by atoms with E-state index in [9.17, 15) is 9.59 Å². The average molecular weight is 344 g/mol. The lowest BCUT2D eigenvalue weighted by atomic mass is 10.1. The molecule has 2 unspecified atom stereocenters. The molecule has 140 valence electrons. The highest BCUT2D eigenvalue weighted by Crippen LogP contribution is 2.12. The number of carbonyl (C=O) groups is 2. The van der Waals surface area contributed by atoms with E-state index in [1.165, 1.54) is 26.7 Å². The number of esters is 2. The Labute approximate surface area is 145 Å². The van der Waals surface area contributed by atoms with Crippen LogP contribution in [0.2, 0.25) is 0 Å². The Morgan fingerprint density at radius 2 is 1.50 bits per heavy atom. The highest BCUT2D eigenvalue weighted by Gasteiger charge is 2.07. The zero-order chi connectivity index (χ0) is 17.5. The van der Waals surface area contributed by atoms with Gasteiger partial charge in [0.2, 0.25) is 0 Å². The van der Waals surface area contributed by atoms with E-state index < -0.39 is 11.9 Å².